The van der Waals surface area contributed by atoms with Crippen LogP contribution in [-0.4, -0.2) is 45.7 Å². The maximum Gasteiger partial charge on any atom is 0.257 e. The second-order valence-corrected chi connectivity index (χ2v) is 4.86. The molecule has 0 bridgehead atoms. The van der Waals surface area contributed by atoms with Crippen LogP contribution >= 0.6 is 12.4 Å². The lowest BCUT2D eigenvalue weighted by Gasteiger charge is -2.12. The molecule has 0 aliphatic rings. The van der Waals surface area contributed by atoms with Gasteiger partial charge in [0.05, 0.1) is 7.11 Å². The molecule has 0 atom stereocenters. The van der Waals surface area contributed by atoms with E-state index in [2.05, 4.69) is 16.0 Å². The van der Waals surface area contributed by atoms with Gasteiger partial charge in [0.15, 0.2) is 18.1 Å². The van der Waals surface area contributed by atoms with Gasteiger partial charge in [-0.25, -0.2) is 0 Å². The number of amides is 2. The van der Waals surface area contributed by atoms with E-state index in [0.29, 0.717) is 37.6 Å². The van der Waals surface area contributed by atoms with Crippen molar-refractivity contribution >= 4 is 24.2 Å². The summed E-state index contributed by atoms with van der Waals surface area (Å²) in [6.07, 6.45) is 0.432. The van der Waals surface area contributed by atoms with Crippen molar-refractivity contribution < 1.29 is 19.1 Å². The molecule has 3 N–H and O–H groups in total. The Labute approximate surface area is 148 Å². The Balaban J connectivity index is 0.00000529. The topological polar surface area (TPSA) is 88.7 Å². The molecule has 8 heteroatoms. The zero-order valence-electron chi connectivity index (χ0n) is 14.3. The first kappa shape index (κ1) is 22.0. The van der Waals surface area contributed by atoms with E-state index in [0.717, 1.165) is 5.56 Å². The van der Waals surface area contributed by atoms with E-state index >= 15 is 0 Å². The van der Waals surface area contributed by atoms with Crippen LogP contribution in [0.5, 0.6) is 11.5 Å². The van der Waals surface area contributed by atoms with E-state index in [1.54, 1.807) is 19.2 Å². The van der Waals surface area contributed by atoms with Crippen LogP contribution in [0.15, 0.2) is 18.2 Å². The Bertz CT molecular complexity index is 526. The van der Waals surface area contributed by atoms with Crippen molar-refractivity contribution in [2.75, 3.05) is 33.9 Å². The van der Waals surface area contributed by atoms with Crippen LogP contribution in [0, 0.1) is 0 Å². The molecular formula is C16H26ClN3O4. The third kappa shape index (κ3) is 8.03. The molecule has 0 spiro atoms. The maximum atomic E-state index is 11.6. The van der Waals surface area contributed by atoms with Crippen molar-refractivity contribution in [3.63, 3.8) is 0 Å². The molecule has 0 aliphatic carbocycles. The highest BCUT2D eigenvalue weighted by Gasteiger charge is 2.09. The fourth-order valence-corrected chi connectivity index (χ4v) is 1.86. The number of likely N-dealkylation sites (N-methyl/N-ethyl adjacent to an activating group) is 1. The van der Waals surface area contributed by atoms with Gasteiger partial charge in [0.25, 0.3) is 5.91 Å². The third-order valence-corrected chi connectivity index (χ3v) is 3.05. The molecule has 136 valence electrons. The Hall–Kier alpha value is -1.99. The van der Waals surface area contributed by atoms with Gasteiger partial charge in [-0.15, -0.1) is 12.4 Å². The molecule has 1 aromatic carbocycles. The van der Waals surface area contributed by atoms with Gasteiger partial charge in [-0.3, -0.25) is 9.59 Å². The van der Waals surface area contributed by atoms with Gasteiger partial charge in [-0.1, -0.05) is 6.07 Å². The number of hydrogen-bond donors (Lipinski definition) is 3. The normalized spacial score (nSPS) is 9.62. The highest BCUT2D eigenvalue weighted by molar-refractivity contribution is 5.85. The first-order chi connectivity index (χ1) is 11.1. The number of benzene rings is 1. The average Bonchev–Trinajstić information content (AvgIpc) is 2.56. The molecule has 0 heterocycles. The van der Waals surface area contributed by atoms with Crippen LogP contribution in [0.25, 0.3) is 0 Å². The van der Waals surface area contributed by atoms with Crippen molar-refractivity contribution in [3.05, 3.63) is 23.8 Å². The molecular weight excluding hydrogens is 334 g/mol. The quantitative estimate of drug-likeness (QED) is 0.576. The van der Waals surface area contributed by atoms with Gasteiger partial charge in [-0.2, -0.15) is 0 Å². The van der Waals surface area contributed by atoms with Crippen molar-refractivity contribution in [1.29, 1.82) is 0 Å². The van der Waals surface area contributed by atoms with Crippen molar-refractivity contribution in [2.24, 2.45) is 0 Å². The summed E-state index contributed by atoms with van der Waals surface area (Å²) >= 11 is 0. The van der Waals surface area contributed by atoms with Crippen LogP contribution in [0.2, 0.25) is 0 Å². The molecule has 0 saturated heterocycles. The molecule has 0 fully saturated rings. The van der Waals surface area contributed by atoms with Gasteiger partial charge in [0, 0.05) is 26.1 Å². The van der Waals surface area contributed by atoms with E-state index in [1.807, 2.05) is 13.0 Å². The lowest BCUT2D eigenvalue weighted by Crippen LogP contribution is -2.28. The Morgan fingerprint density at radius 2 is 1.88 bits per heavy atom. The predicted octanol–water partition coefficient (Wildman–Crippen LogP) is 0.858. The van der Waals surface area contributed by atoms with Gasteiger partial charge < -0.3 is 25.4 Å². The Kier molecular flexibility index (Phi) is 11.4. The SMILES string of the molecule is CCNC(=O)COc1ccc(CNC(=O)CCNC)cc1OC.Cl. The number of rotatable bonds is 10. The lowest BCUT2D eigenvalue weighted by molar-refractivity contribution is -0.123. The Morgan fingerprint density at radius 1 is 1.12 bits per heavy atom. The number of carbonyl (C=O) groups excluding carboxylic acids is 2. The highest BCUT2D eigenvalue weighted by Crippen LogP contribution is 2.28. The summed E-state index contributed by atoms with van der Waals surface area (Å²) < 4.78 is 10.7. The summed E-state index contributed by atoms with van der Waals surface area (Å²) in [5, 5.41) is 8.41. The molecule has 0 aliphatic heterocycles. The molecule has 0 aromatic heterocycles. The first-order valence-electron chi connectivity index (χ1n) is 7.58. The number of nitrogens with one attached hydrogen (secondary N) is 3. The van der Waals surface area contributed by atoms with E-state index in [-0.39, 0.29) is 30.8 Å². The largest absolute Gasteiger partial charge is 0.493 e. The standard InChI is InChI=1S/C16H25N3O4.ClH/c1-4-18-16(21)11-23-13-6-5-12(9-14(13)22-3)10-19-15(20)7-8-17-2;/h5-6,9,17H,4,7-8,10-11H2,1-3H3,(H,18,21)(H,19,20);1H. The van der Waals surface area contributed by atoms with Gasteiger partial charge in [0.2, 0.25) is 5.91 Å². The summed E-state index contributed by atoms with van der Waals surface area (Å²) in [4.78, 5) is 23.0. The smallest absolute Gasteiger partial charge is 0.257 e. The Morgan fingerprint density at radius 3 is 2.50 bits per heavy atom. The molecule has 0 radical (unpaired) electrons. The van der Waals surface area contributed by atoms with E-state index in [9.17, 15) is 9.59 Å². The minimum Gasteiger partial charge on any atom is -0.493 e. The van der Waals surface area contributed by atoms with Crippen LogP contribution in [0.4, 0.5) is 0 Å². The fourth-order valence-electron chi connectivity index (χ4n) is 1.86. The summed E-state index contributed by atoms with van der Waals surface area (Å²) in [5.41, 5.74) is 0.894. The highest BCUT2D eigenvalue weighted by atomic mass is 35.5. The summed E-state index contributed by atoms with van der Waals surface area (Å²) in [6.45, 7) is 3.39. The number of ether oxygens (including phenoxy) is 2. The fraction of sp³-hybridized carbons (Fsp3) is 0.500. The zero-order chi connectivity index (χ0) is 17.1. The lowest BCUT2D eigenvalue weighted by atomic mass is 10.2. The summed E-state index contributed by atoms with van der Waals surface area (Å²) in [5.74, 6) is 0.811. The van der Waals surface area contributed by atoms with Crippen molar-refractivity contribution in [3.8, 4) is 11.5 Å². The second-order valence-electron chi connectivity index (χ2n) is 4.86. The maximum absolute atomic E-state index is 11.6. The second kappa shape index (κ2) is 12.4. The van der Waals surface area contributed by atoms with Crippen LogP contribution in [-0.2, 0) is 16.1 Å². The van der Waals surface area contributed by atoms with Gasteiger partial charge >= 0.3 is 0 Å². The molecule has 1 aromatic rings. The summed E-state index contributed by atoms with van der Waals surface area (Å²) in [7, 11) is 3.33. The van der Waals surface area contributed by atoms with Gasteiger partial charge in [-0.05, 0) is 31.7 Å². The molecule has 0 saturated carbocycles. The number of halogens is 1. The van der Waals surface area contributed by atoms with Crippen molar-refractivity contribution in [2.45, 2.75) is 19.9 Å². The van der Waals surface area contributed by atoms with E-state index in [4.69, 9.17) is 9.47 Å². The minimum absolute atomic E-state index is 0. The number of hydrogen-bond acceptors (Lipinski definition) is 5. The van der Waals surface area contributed by atoms with Crippen LogP contribution < -0.4 is 25.4 Å². The molecule has 1 rings (SSSR count). The average molecular weight is 360 g/mol. The third-order valence-electron chi connectivity index (χ3n) is 3.05. The molecule has 2 amide bonds. The minimum atomic E-state index is -0.185. The zero-order valence-corrected chi connectivity index (χ0v) is 15.1. The predicted molar refractivity (Wildman–Crippen MR) is 94.8 cm³/mol. The summed E-state index contributed by atoms with van der Waals surface area (Å²) in [6, 6.07) is 5.34. The molecule has 24 heavy (non-hydrogen) atoms. The molecule has 0 unspecified atom stereocenters. The number of carbonyl (C=O) groups is 2. The van der Waals surface area contributed by atoms with Crippen molar-refractivity contribution in [1.82, 2.24) is 16.0 Å². The van der Waals surface area contributed by atoms with E-state index in [1.165, 1.54) is 7.11 Å². The number of methoxy groups -OCH3 is 1. The monoisotopic (exact) mass is 359 g/mol. The first-order valence-corrected chi connectivity index (χ1v) is 7.58. The van der Waals surface area contributed by atoms with Crippen LogP contribution in [0.3, 0.4) is 0 Å². The van der Waals surface area contributed by atoms with Crippen LogP contribution in [0.1, 0.15) is 18.9 Å². The van der Waals surface area contributed by atoms with E-state index < -0.39 is 0 Å². The molecule has 7 nitrogen and oxygen atoms in total. The van der Waals surface area contributed by atoms with Gasteiger partial charge in [0.1, 0.15) is 0 Å².